The molecule has 0 saturated carbocycles. The third-order valence-electron chi connectivity index (χ3n) is 5.16. The Balaban J connectivity index is 1.92. The fourth-order valence-corrected chi connectivity index (χ4v) is 3.14. The van der Waals surface area contributed by atoms with Crippen LogP contribution in [0.15, 0.2) is 24.3 Å². The number of hydrogen-bond acceptors (Lipinski definition) is 3. The lowest BCUT2D eigenvalue weighted by molar-refractivity contribution is -0.121. The van der Waals surface area contributed by atoms with Gasteiger partial charge in [-0.15, -0.1) is 0 Å². The number of nitrogens with one attached hydrogen (secondary N) is 1. The molecule has 1 fully saturated rings. The zero-order valence-electron chi connectivity index (χ0n) is 13.9. The molecule has 1 saturated heterocycles. The Kier molecular flexibility index (Phi) is 5.59. The van der Waals surface area contributed by atoms with E-state index >= 15 is 0 Å². The predicted molar refractivity (Wildman–Crippen MR) is 89.9 cm³/mol. The fourth-order valence-electron chi connectivity index (χ4n) is 3.14. The third kappa shape index (κ3) is 3.87. The number of carbonyl (C=O) groups is 1. The quantitative estimate of drug-likeness (QED) is 0.879. The van der Waals surface area contributed by atoms with Gasteiger partial charge in [-0.25, -0.2) is 0 Å². The summed E-state index contributed by atoms with van der Waals surface area (Å²) in [5.41, 5.74) is 2.05. The van der Waals surface area contributed by atoms with Gasteiger partial charge in [0.25, 0.3) is 0 Å². The number of hydrogen-bond donors (Lipinski definition) is 2. The second-order valence-electron chi connectivity index (χ2n) is 6.58. The molecular formula is C18H28N2O2. The molecule has 0 spiro atoms. The zero-order chi connectivity index (χ0) is 16.2. The number of aryl methyl sites for hydroxylation is 1. The second-order valence-corrected chi connectivity index (χ2v) is 6.58. The van der Waals surface area contributed by atoms with Crippen LogP contribution in [0, 0.1) is 12.3 Å². The Morgan fingerprint density at radius 2 is 2.09 bits per heavy atom. The topological polar surface area (TPSA) is 52.6 Å². The lowest BCUT2D eigenvalue weighted by Crippen LogP contribution is -2.49. The number of piperidine rings is 1. The van der Waals surface area contributed by atoms with Crippen LogP contribution in [0.4, 0.5) is 5.69 Å². The van der Waals surface area contributed by atoms with Crippen molar-refractivity contribution in [2.24, 2.45) is 5.41 Å². The van der Waals surface area contributed by atoms with Crippen LogP contribution in [0.25, 0.3) is 0 Å². The average Bonchev–Trinajstić information content (AvgIpc) is 2.54. The molecule has 1 aliphatic heterocycles. The molecule has 1 unspecified atom stereocenters. The first-order valence-corrected chi connectivity index (χ1v) is 8.22. The van der Waals surface area contributed by atoms with Crippen LogP contribution in [0.2, 0.25) is 0 Å². The number of rotatable bonds is 5. The summed E-state index contributed by atoms with van der Waals surface area (Å²) in [6, 6.07) is 7.72. The summed E-state index contributed by atoms with van der Waals surface area (Å²) in [4.78, 5) is 14.6. The Hall–Kier alpha value is -1.39. The molecule has 2 rings (SSSR count). The molecule has 4 nitrogen and oxygen atoms in total. The number of likely N-dealkylation sites (tertiary alicyclic amines) is 1. The van der Waals surface area contributed by atoms with E-state index in [1.165, 1.54) is 0 Å². The van der Waals surface area contributed by atoms with Crippen molar-refractivity contribution in [3.05, 3.63) is 29.8 Å². The summed E-state index contributed by atoms with van der Waals surface area (Å²) in [6.07, 6.45) is 2.92. The minimum atomic E-state index is -0.144. The molecule has 2 N–H and O–H groups in total. The van der Waals surface area contributed by atoms with Gasteiger partial charge in [-0.3, -0.25) is 9.69 Å². The largest absolute Gasteiger partial charge is 0.396 e. The van der Waals surface area contributed by atoms with Crippen LogP contribution >= 0.6 is 0 Å². The van der Waals surface area contributed by atoms with Gasteiger partial charge in [-0.2, -0.15) is 0 Å². The van der Waals surface area contributed by atoms with Crippen molar-refractivity contribution < 1.29 is 9.90 Å². The molecule has 1 aromatic rings. The van der Waals surface area contributed by atoms with Gasteiger partial charge in [-0.05, 0) is 69.3 Å². The molecule has 4 heteroatoms. The smallest absolute Gasteiger partial charge is 0.241 e. The summed E-state index contributed by atoms with van der Waals surface area (Å²) in [7, 11) is 0. The van der Waals surface area contributed by atoms with Gasteiger partial charge in [0.1, 0.15) is 0 Å². The summed E-state index contributed by atoms with van der Waals surface area (Å²) in [5, 5.41) is 12.6. The SMILES string of the molecule is CCC1(CO)CCN(C(C)C(=O)Nc2cccc(C)c2)CC1. The van der Waals surface area contributed by atoms with Crippen molar-refractivity contribution in [3.8, 4) is 0 Å². The molecule has 1 aliphatic rings. The molecule has 1 atom stereocenters. The van der Waals surface area contributed by atoms with Crippen LogP contribution in [0.1, 0.15) is 38.7 Å². The summed E-state index contributed by atoms with van der Waals surface area (Å²) in [6.45, 7) is 8.11. The Bertz CT molecular complexity index is 502. The number of carbonyl (C=O) groups excluding carboxylic acids is 1. The Morgan fingerprint density at radius 1 is 1.41 bits per heavy atom. The van der Waals surface area contributed by atoms with E-state index < -0.39 is 0 Å². The van der Waals surface area contributed by atoms with E-state index in [1.54, 1.807) is 0 Å². The van der Waals surface area contributed by atoms with Gasteiger partial charge in [0.15, 0.2) is 0 Å². The summed E-state index contributed by atoms with van der Waals surface area (Å²) >= 11 is 0. The van der Waals surface area contributed by atoms with Gasteiger partial charge in [0.05, 0.1) is 6.04 Å². The number of anilines is 1. The maximum atomic E-state index is 12.4. The molecule has 122 valence electrons. The van der Waals surface area contributed by atoms with Crippen molar-refractivity contribution >= 4 is 11.6 Å². The lowest BCUT2D eigenvalue weighted by atomic mass is 9.76. The molecule has 0 radical (unpaired) electrons. The van der Waals surface area contributed by atoms with Gasteiger partial charge in [0, 0.05) is 12.3 Å². The predicted octanol–water partition coefficient (Wildman–Crippen LogP) is 2.81. The normalized spacial score (nSPS) is 19.6. The van der Waals surface area contributed by atoms with Crippen LogP contribution in [-0.2, 0) is 4.79 Å². The van der Waals surface area contributed by atoms with Crippen molar-refractivity contribution in [2.45, 2.75) is 46.1 Å². The standard InChI is InChI=1S/C18H28N2O2/c1-4-18(13-21)8-10-20(11-9-18)15(3)17(22)19-16-7-5-6-14(2)12-16/h5-7,12,15,21H,4,8-11,13H2,1-3H3,(H,19,22). The maximum absolute atomic E-state index is 12.4. The molecule has 22 heavy (non-hydrogen) atoms. The highest BCUT2D eigenvalue weighted by molar-refractivity contribution is 5.94. The Labute approximate surface area is 133 Å². The van der Waals surface area contributed by atoms with E-state index in [0.29, 0.717) is 0 Å². The second kappa shape index (κ2) is 7.25. The van der Waals surface area contributed by atoms with E-state index in [0.717, 1.165) is 43.6 Å². The van der Waals surface area contributed by atoms with Crippen LogP contribution in [-0.4, -0.2) is 41.7 Å². The molecular weight excluding hydrogens is 276 g/mol. The van der Waals surface area contributed by atoms with E-state index in [4.69, 9.17) is 0 Å². The number of aliphatic hydroxyl groups excluding tert-OH is 1. The maximum Gasteiger partial charge on any atom is 0.241 e. The van der Waals surface area contributed by atoms with Crippen molar-refractivity contribution in [2.75, 3.05) is 25.0 Å². The van der Waals surface area contributed by atoms with Gasteiger partial charge in [0.2, 0.25) is 5.91 Å². The number of amides is 1. The molecule has 1 heterocycles. The monoisotopic (exact) mass is 304 g/mol. The van der Waals surface area contributed by atoms with Crippen LogP contribution < -0.4 is 5.32 Å². The number of benzene rings is 1. The molecule has 1 amide bonds. The van der Waals surface area contributed by atoms with E-state index in [1.807, 2.05) is 38.1 Å². The molecule has 1 aromatic carbocycles. The third-order valence-corrected chi connectivity index (χ3v) is 5.16. The highest BCUT2D eigenvalue weighted by Crippen LogP contribution is 2.34. The highest BCUT2D eigenvalue weighted by atomic mass is 16.3. The van der Waals surface area contributed by atoms with Crippen LogP contribution in [0.5, 0.6) is 0 Å². The highest BCUT2D eigenvalue weighted by Gasteiger charge is 2.35. The Morgan fingerprint density at radius 3 is 2.64 bits per heavy atom. The molecule has 0 aromatic heterocycles. The van der Waals surface area contributed by atoms with Gasteiger partial charge >= 0.3 is 0 Å². The van der Waals surface area contributed by atoms with Crippen LogP contribution in [0.3, 0.4) is 0 Å². The lowest BCUT2D eigenvalue weighted by Gasteiger charge is -2.42. The fraction of sp³-hybridized carbons (Fsp3) is 0.611. The van der Waals surface area contributed by atoms with Gasteiger partial charge in [-0.1, -0.05) is 19.1 Å². The van der Waals surface area contributed by atoms with Crippen molar-refractivity contribution in [1.82, 2.24) is 4.90 Å². The molecule has 0 aliphatic carbocycles. The van der Waals surface area contributed by atoms with E-state index in [2.05, 4.69) is 17.1 Å². The van der Waals surface area contributed by atoms with Gasteiger partial charge < -0.3 is 10.4 Å². The van der Waals surface area contributed by atoms with E-state index in [-0.39, 0.29) is 24.0 Å². The molecule has 0 bridgehead atoms. The minimum Gasteiger partial charge on any atom is -0.396 e. The summed E-state index contributed by atoms with van der Waals surface area (Å²) < 4.78 is 0. The zero-order valence-corrected chi connectivity index (χ0v) is 13.9. The number of nitrogens with zero attached hydrogens (tertiary/aromatic N) is 1. The first-order valence-electron chi connectivity index (χ1n) is 8.22. The minimum absolute atomic E-state index is 0.0404. The summed E-state index contributed by atoms with van der Waals surface area (Å²) in [5.74, 6) is 0.0404. The average molecular weight is 304 g/mol. The van der Waals surface area contributed by atoms with Crippen molar-refractivity contribution in [3.63, 3.8) is 0 Å². The first kappa shape index (κ1) is 17.0. The number of aliphatic hydroxyl groups is 1. The van der Waals surface area contributed by atoms with E-state index in [9.17, 15) is 9.90 Å². The first-order chi connectivity index (χ1) is 10.5. The van der Waals surface area contributed by atoms with Crippen molar-refractivity contribution in [1.29, 1.82) is 0 Å².